The van der Waals surface area contributed by atoms with E-state index in [1.807, 2.05) is 0 Å². The van der Waals surface area contributed by atoms with Gasteiger partial charge in [0.05, 0.1) is 44.1 Å². The molecule has 0 aromatic heterocycles. The van der Waals surface area contributed by atoms with Crippen LogP contribution in [0.2, 0.25) is 0 Å². The molecule has 3 heterocycles. The summed E-state index contributed by atoms with van der Waals surface area (Å²) in [5.74, 6) is 0.462. The lowest BCUT2D eigenvalue weighted by Crippen LogP contribution is -3.00. The van der Waals surface area contributed by atoms with Gasteiger partial charge in [0.2, 0.25) is 0 Å². The van der Waals surface area contributed by atoms with Gasteiger partial charge in [0.1, 0.15) is 6.04 Å². The van der Waals surface area contributed by atoms with Crippen molar-refractivity contribution in [3.8, 4) is 0 Å². The monoisotopic (exact) mass is 388 g/mol. The summed E-state index contributed by atoms with van der Waals surface area (Å²) >= 11 is 0. The van der Waals surface area contributed by atoms with E-state index < -0.39 is 0 Å². The first-order valence-electron chi connectivity index (χ1n) is 10.3. The number of para-hydroxylation sites is 1. The van der Waals surface area contributed by atoms with Crippen LogP contribution in [0.3, 0.4) is 0 Å². The highest BCUT2D eigenvalue weighted by molar-refractivity contribution is 5.82. The van der Waals surface area contributed by atoms with Gasteiger partial charge < -0.3 is 26.9 Å². The number of carbonyl (C=O) groups is 1. The number of methoxy groups -OCH3 is 1. The predicted molar refractivity (Wildman–Crippen MR) is 99.8 cm³/mol. The smallest absolute Gasteiger partial charge is 0.311 e. The fraction of sp³-hybridized carbons (Fsp3) is 0.682. The number of hydrogen-bond donors (Lipinski definition) is 1. The minimum atomic E-state index is -0.172. The van der Waals surface area contributed by atoms with Gasteiger partial charge in [-0.05, 0) is 36.8 Å². The largest absolute Gasteiger partial charge is 1.00 e. The Labute approximate surface area is 167 Å². The van der Waals surface area contributed by atoms with Gasteiger partial charge in [-0.25, -0.2) is 0 Å². The molecule has 1 N–H and O–H groups in total. The number of piperidine rings is 1. The Hall–Kier alpha value is -1.26. The van der Waals surface area contributed by atoms with Gasteiger partial charge in [-0.15, -0.1) is 0 Å². The third kappa shape index (κ3) is 1.52. The van der Waals surface area contributed by atoms with Crippen LogP contribution in [0, 0.1) is 17.3 Å². The van der Waals surface area contributed by atoms with E-state index in [0.29, 0.717) is 12.0 Å². The molecule has 1 aromatic carbocycles. The van der Waals surface area contributed by atoms with E-state index in [2.05, 4.69) is 43.6 Å². The molecule has 3 spiro atoms. The highest BCUT2D eigenvalue weighted by Crippen LogP contribution is 2.80. The number of likely N-dealkylation sites (N-methyl/N-ethyl adjacent to an activating group) is 1. The lowest BCUT2D eigenvalue weighted by molar-refractivity contribution is -0.936. The Balaban J connectivity index is 0.00000160. The van der Waals surface area contributed by atoms with Crippen molar-refractivity contribution >= 4 is 11.7 Å². The maximum absolute atomic E-state index is 13.0. The maximum atomic E-state index is 13.0. The van der Waals surface area contributed by atoms with Crippen molar-refractivity contribution in [3.05, 3.63) is 29.8 Å². The molecule has 5 heteroatoms. The van der Waals surface area contributed by atoms with E-state index in [4.69, 9.17) is 4.74 Å². The number of esters is 1. The lowest BCUT2D eigenvalue weighted by atomic mass is 9.56. The quantitative estimate of drug-likeness (QED) is 0.541. The second-order valence-electron chi connectivity index (χ2n) is 9.93. The van der Waals surface area contributed by atoms with Crippen LogP contribution in [0.5, 0.6) is 0 Å². The highest BCUT2D eigenvalue weighted by atomic mass is 35.5. The standard InChI is InChI=1S/C22H29N2O2.ClH/c1-14-20-9-6-11-24(2)12-10-21(19(20)24)15-7-4-5-8-17(15)23-22(14,21)16(13-20)18(25)26-3;/h4-5,7-8,14,16,19,23H,6,9-13H2,1-3H3;1H/q+1;/p-1/t14?,16?,19?,20-,21?,22+,24?;/m1./s1. The zero-order chi connectivity index (χ0) is 17.9. The van der Waals surface area contributed by atoms with Crippen LogP contribution in [-0.2, 0) is 14.9 Å². The van der Waals surface area contributed by atoms with E-state index in [0.717, 1.165) is 6.42 Å². The zero-order valence-electron chi connectivity index (χ0n) is 16.4. The number of nitrogens with zero attached hydrogens (tertiary/aromatic N) is 1. The average Bonchev–Trinajstić information content (AvgIpc) is 3.27. The first kappa shape index (κ1) is 17.8. The van der Waals surface area contributed by atoms with Gasteiger partial charge in [0.25, 0.3) is 0 Å². The van der Waals surface area contributed by atoms with Crippen molar-refractivity contribution in [2.24, 2.45) is 17.3 Å². The fourth-order valence-electron chi connectivity index (χ4n) is 9.19. The minimum absolute atomic E-state index is 0. The predicted octanol–water partition coefficient (Wildman–Crippen LogP) is -0.0656. The Morgan fingerprint density at radius 3 is 2.81 bits per heavy atom. The number of rotatable bonds is 1. The molecule has 2 aliphatic carbocycles. The first-order chi connectivity index (χ1) is 12.5. The molecule has 0 radical (unpaired) electrons. The molecule has 2 saturated heterocycles. The number of halogens is 1. The molecule has 3 aliphatic heterocycles. The van der Waals surface area contributed by atoms with Gasteiger partial charge >= 0.3 is 5.97 Å². The van der Waals surface area contributed by atoms with Crippen LogP contribution in [0.4, 0.5) is 5.69 Å². The fourth-order valence-corrected chi connectivity index (χ4v) is 9.19. The number of nitrogens with one attached hydrogen (secondary N) is 1. The molecule has 1 aromatic rings. The van der Waals surface area contributed by atoms with Crippen molar-refractivity contribution in [1.29, 1.82) is 0 Å². The molecule has 7 atom stereocenters. The summed E-state index contributed by atoms with van der Waals surface area (Å²) in [5.41, 5.74) is 2.92. The Bertz CT molecular complexity index is 845. The second-order valence-corrected chi connectivity index (χ2v) is 9.93. The Kier molecular flexibility index (Phi) is 3.31. The Morgan fingerprint density at radius 1 is 1.26 bits per heavy atom. The molecule has 6 rings (SSSR count). The third-order valence-electron chi connectivity index (χ3n) is 9.62. The van der Waals surface area contributed by atoms with Crippen LogP contribution in [0.25, 0.3) is 0 Å². The first-order valence-corrected chi connectivity index (χ1v) is 10.3. The molecule has 2 saturated carbocycles. The molecule has 5 unspecified atom stereocenters. The molecular formula is C22H29ClN2O2. The molecular weight excluding hydrogens is 360 g/mol. The summed E-state index contributed by atoms with van der Waals surface area (Å²) in [6, 6.07) is 9.52. The second kappa shape index (κ2) is 5.01. The SMILES string of the molecule is COC(=O)C1C[C@]23CCC[N+]4(C)CCC5(c6ccccc6N[C@@]15C2C)C34.[Cl-]. The summed E-state index contributed by atoms with van der Waals surface area (Å²) in [6.45, 7) is 4.98. The van der Waals surface area contributed by atoms with Crippen LogP contribution in [-0.4, -0.2) is 49.3 Å². The molecule has 4 fully saturated rings. The zero-order valence-corrected chi connectivity index (χ0v) is 17.2. The summed E-state index contributed by atoms with van der Waals surface area (Å²) < 4.78 is 6.56. The van der Waals surface area contributed by atoms with Crippen LogP contribution in [0.1, 0.15) is 38.2 Å². The number of carbonyl (C=O) groups excluding carboxylic acids is 1. The van der Waals surface area contributed by atoms with Crippen LogP contribution >= 0.6 is 0 Å². The number of quaternary nitrogens is 1. The number of anilines is 1. The van der Waals surface area contributed by atoms with E-state index >= 15 is 0 Å². The van der Waals surface area contributed by atoms with E-state index in [1.54, 1.807) is 7.11 Å². The topological polar surface area (TPSA) is 38.3 Å². The normalized spacial score (nSPS) is 50.3. The van der Waals surface area contributed by atoms with E-state index in [1.165, 1.54) is 48.1 Å². The summed E-state index contributed by atoms with van der Waals surface area (Å²) in [6.07, 6.45) is 4.76. The summed E-state index contributed by atoms with van der Waals surface area (Å²) in [4.78, 5) is 13.0. The number of ether oxygens (including phenoxy) is 1. The maximum Gasteiger partial charge on any atom is 0.311 e. The van der Waals surface area contributed by atoms with Gasteiger partial charge in [-0.3, -0.25) is 4.79 Å². The van der Waals surface area contributed by atoms with E-state index in [9.17, 15) is 4.79 Å². The number of hydrogen-bond acceptors (Lipinski definition) is 3. The number of benzene rings is 1. The van der Waals surface area contributed by atoms with Crippen molar-refractivity contribution < 1.29 is 26.4 Å². The lowest BCUT2D eigenvalue weighted by Gasteiger charge is -2.54. The molecule has 5 aliphatic rings. The van der Waals surface area contributed by atoms with Crippen molar-refractivity contribution in [2.75, 3.05) is 32.6 Å². The third-order valence-corrected chi connectivity index (χ3v) is 9.62. The van der Waals surface area contributed by atoms with Gasteiger partial charge in [0.15, 0.2) is 0 Å². The minimum Gasteiger partial charge on any atom is -1.00 e. The summed E-state index contributed by atoms with van der Waals surface area (Å²) in [7, 11) is 4.06. The van der Waals surface area contributed by atoms with E-state index in [-0.39, 0.29) is 40.7 Å². The summed E-state index contributed by atoms with van der Waals surface area (Å²) in [5, 5.41) is 3.99. The molecule has 27 heavy (non-hydrogen) atoms. The highest BCUT2D eigenvalue weighted by Gasteiger charge is 2.89. The van der Waals surface area contributed by atoms with Gasteiger partial charge in [-0.1, -0.05) is 25.1 Å². The van der Waals surface area contributed by atoms with Crippen LogP contribution < -0.4 is 17.7 Å². The van der Waals surface area contributed by atoms with Gasteiger partial charge in [-0.2, -0.15) is 0 Å². The molecule has 4 nitrogen and oxygen atoms in total. The van der Waals surface area contributed by atoms with Crippen molar-refractivity contribution in [1.82, 2.24) is 0 Å². The molecule has 2 bridgehead atoms. The Morgan fingerprint density at radius 2 is 2.04 bits per heavy atom. The average molecular weight is 389 g/mol. The molecule has 0 amide bonds. The number of fused-ring (bicyclic) bond motifs is 1. The molecule has 146 valence electrons. The van der Waals surface area contributed by atoms with Crippen LogP contribution in [0.15, 0.2) is 24.3 Å². The van der Waals surface area contributed by atoms with Gasteiger partial charge in [0, 0.05) is 17.5 Å². The van der Waals surface area contributed by atoms with Crippen molar-refractivity contribution in [2.45, 2.75) is 49.6 Å². The van der Waals surface area contributed by atoms with Crippen molar-refractivity contribution in [3.63, 3.8) is 0 Å².